The lowest BCUT2D eigenvalue weighted by molar-refractivity contribution is 0.0999. The van der Waals surface area contributed by atoms with Gasteiger partial charge in [-0.1, -0.05) is 115 Å². The second-order valence-electron chi connectivity index (χ2n) is 9.75. The fourth-order valence-corrected chi connectivity index (χ4v) is 6.13. The molecule has 1 amide bonds. The van der Waals surface area contributed by atoms with Crippen LogP contribution < -0.4 is 0 Å². The summed E-state index contributed by atoms with van der Waals surface area (Å²) in [4.78, 5) is 15.5. The highest BCUT2D eigenvalue weighted by Crippen LogP contribution is 2.46. The van der Waals surface area contributed by atoms with Crippen molar-refractivity contribution < 1.29 is 9.53 Å². The Hall–Kier alpha value is -4.11. The lowest BCUT2D eigenvalue weighted by Gasteiger charge is -2.30. The number of fused-ring (bicyclic) bond motifs is 3. The molecule has 36 heavy (non-hydrogen) atoms. The molecule has 178 valence electrons. The molecular weight excluding hydrogens is 442 g/mol. The fourth-order valence-electron chi connectivity index (χ4n) is 6.13. The molecule has 1 heterocycles. The summed E-state index contributed by atoms with van der Waals surface area (Å²) in [5.74, 6) is 0.0409. The molecule has 1 atom stereocenters. The third kappa shape index (κ3) is 3.63. The van der Waals surface area contributed by atoms with Gasteiger partial charge in [-0.15, -0.1) is 6.58 Å². The summed E-state index contributed by atoms with van der Waals surface area (Å²) in [5, 5.41) is 0. The molecule has 0 spiro atoms. The second-order valence-corrected chi connectivity index (χ2v) is 9.75. The highest BCUT2D eigenvalue weighted by atomic mass is 16.6. The Morgan fingerprint density at radius 3 is 1.83 bits per heavy atom. The number of benzene rings is 4. The van der Waals surface area contributed by atoms with Gasteiger partial charge in [-0.05, 0) is 39.8 Å². The van der Waals surface area contributed by atoms with E-state index < -0.39 is 0 Å². The van der Waals surface area contributed by atoms with Crippen molar-refractivity contribution in [1.29, 1.82) is 0 Å². The van der Waals surface area contributed by atoms with E-state index in [2.05, 4.69) is 104 Å². The van der Waals surface area contributed by atoms with Gasteiger partial charge >= 0.3 is 6.09 Å². The van der Waals surface area contributed by atoms with Crippen molar-refractivity contribution in [3.05, 3.63) is 144 Å². The predicted octanol–water partition coefficient (Wildman–Crippen LogP) is 7.18. The summed E-state index contributed by atoms with van der Waals surface area (Å²) >= 11 is 0. The number of hydrogen-bond acceptors (Lipinski definition) is 2. The minimum atomic E-state index is -0.313. The molecule has 1 unspecified atom stereocenters. The predicted molar refractivity (Wildman–Crippen MR) is 144 cm³/mol. The number of ether oxygens (including phenoxy) is 1. The zero-order chi connectivity index (χ0) is 24.5. The van der Waals surface area contributed by atoms with Gasteiger partial charge in [0.05, 0.1) is 6.04 Å². The van der Waals surface area contributed by atoms with Crippen LogP contribution in [0.5, 0.6) is 0 Å². The SMILES string of the molecule is C=CC1CC(c2ccccc2)(c2ccccc2)CN1C(=O)OCC1c2ccccc2-c2ccccc21. The number of amides is 1. The van der Waals surface area contributed by atoms with Gasteiger partial charge in [-0.3, -0.25) is 0 Å². The first kappa shape index (κ1) is 22.4. The van der Waals surface area contributed by atoms with Crippen LogP contribution in [0.3, 0.4) is 0 Å². The first-order valence-electron chi connectivity index (χ1n) is 12.6. The van der Waals surface area contributed by atoms with Crippen LogP contribution in [-0.4, -0.2) is 30.2 Å². The topological polar surface area (TPSA) is 29.5 Å². The number of carbonyl (C=O) groups excluding carboxylic acids is 1. The molecule has 0 N–H and O–H groups in total. The van der Waals surface area contributed by atoms with E-state index >= 15 is 0 Å². The summed E-state index contributed by atoms with van der Waals surface area (Å²) in [6, 6.07) is 37.7. The van der Waals surface area contributed by atoms with E-state index in [0.717, 1.165) is 6.42 Å². The third-order valence-corrected chi connectivity index (χ3v) is 7.89. The summed E-state index contributed by atoms with van der Waals surface area (Å²) in [5.41, 5.74) is 6.99. The van der Waals surface area contributed by atoms with Crippen LogP contribution in [0.25, 0.3) is 11.1 Å². The average Bonchev–Trinajstić information content (AvgIpc) is 3.50. The Labute approximate surface area is 212 Å². The first-order chi connectivity index (χ1) is 17.7. The van der Waals surface area contributed by atoms with Crippen molar-refractivity contribution in [2.75, 3.05) is 13.2 Å². The Balaban J connectivity index is 1.28. The van der Waals surface area contributed by atoms with Crippen molar-refractivity contribution in [1.82, 2.24) is 4.90 Å². The van der Waals surface area contributed by atoms with Crippen molar-refractivity contribution in [3.63, 3.8) is 0 Å². The molecule has 1 aliphatic heterocycles. The van der Waals surface area contributed by atoms with Gasteiger partial charge in [-0.25, -0.2) is 4.79 Å². The normalized spacial score (nSPS) is 17.9. The lowest BCUT2D eigenvalue weighted by atomic mass is 9.73. The van der Waals surface area contributed by atoms with Crippen LogP contribution in [0.2, 0.25) is 0 Å². The van der Waals surface area contributed by atoms with E-state index in [9.17, 15) is 4.79 Å². The Kier molecular flexibility index (Phi) is 5.69. The largest absolute Gasteiger partial charge is 0.448 e. The van der Waals surface area contributed by atoms with Crippen molar-refractivity contribution in [2.24, 2.45) is 0 Å². The number of carbonyl (C=O) groups is 1. The van der Waals surface area contributed by atoms with Crippen LogP contribution >= 0.6 is 0 Å². The number of rotatable bonds is 5. The molecular formula is C33H29NO2. The van der Waals surface area contributed by atoms with E-state index in [0.29, 0.717) is 13.2 Å². The van der Waals surface area contributed by atoms with Crippen molar-refractivity contribution in [2.45, 2.75) is 23.8 Å². The Bertz CT molecular complexity index is 1310. The number of nitrogens with zero attached hydrogens (tertiary/aromatic N) is 1. The van der Waals surface area contributed by atoms with Gasteiger partial charge in [0.25, 0.3) is 0 Å². The van der Waals surface area contributed by atoms with E-state index in [1.54, 1.807) is 0 Å². The molecule has 0 aromatic heterocycles. The maximum Gasteiger partial charge on any atom is 0.410 e. The average molecular weight is 472 g/mol. The monoisotopic (exact) mass is 471 g/mol. The molecule has 6 rings (SSSR count). The molecule has 4 aromatic carbocycles. The van der Waals surface area contributed by atoms with Gasteiger partial charge in [0.1, 0.15) is 6.61 Å². The molecule has 0 bridgehead atoms. The Morgan fingerprint density at radius 1 is 0.806 bits per heavy atom. The van der Waals surface area contributed by atoms with Gasteiger partial charge in [0.2, 0.25) is 0 Å². The standard InChI is InChI=1S/C33H29NO2/c1-2-26-21-33(24-13-5-3-6-14-24,25-15-7-4-8-16-25)23-34(26)32(35)36-22-31-29-19-11-9-17-27(29)28-18-10-12-20-30(28)31/h2-20,26,31H,1,21-23H2. The van der Waals surface area contributed by atoms with E-state index in [1.165, 1.54) is 33.4 Å². The smallest absolute Gasteiger partial charge is 0.410 e. The third-order valence-electron chi connectivity index (χ3n) is 7.89. The maximum atomic E-state index is 13.6. The minimum absolute atomic E-state index is 0.0409. The zero-order valence-electron chi connectivity index (χ0n) is 20.2. The van der Waals surface area contributed by atoms with Gasteiger partial charge in [0, 0.05) is 17.9 Å². The molecule has 1 saturated heterocycles. The molecule has 0 saturated carbocycles. The van der Waals surface area contributed by atoms with Crippen LogP contribution in [0.1, 0.15) is 34.6 Å². The van der Waals surface area contributed by atoms with Crippen molar-refractivity contribution >= 4 is 6.09 Å². The first-order valence-corrected chi connectivity index (χ1v) is 12.6. The minimum Gasteiger partial charge on any atom is -0.448 e. The summed E-state index contributed by atoms with van der Waals surface area (Å²) in [6.45, 7) is 4.94. The molecule has 3 nitrogen and oxygen atoms in total. The molecule has 1 aliphatic carbocycles. The van der Waals surface area contributed by atoms with Crippen LogP contribution in [-0.2, 0) is 10.2 Å². The lowest BCUT2D eigenvalue weighted by Crippen LogP contribution is -2.38. The zero-order valence-corrected chi connectivity index (χ0v) is 20.2. The molecule has 0 radical (unpaired) electrons. The quantitative estimate of drug-likeness (QED) is 0.289. The van der Waals surface area contributed by atoms with E-state index in [4.69, 9.17) is 4.74 Å². The van der Waals surface area contributed by atoms with Crippen LogP contribution in [0.4, 0.5) is 4.79 Å². The molecule has 3 heteroatoms. The van der Waals surface area contributed by atoms with Crippen LogP contribution in [0, 0.1) is 0 Å². The summed E-state index contributed by atoms with van der Waals surface area (Å²) in [6.07, 6.45) is 2.37. The highest BCUT2D eigenvalue weighted by Gasteiger charge is 2.47. The molecule has 4 aromatic rings. The van der Waals surface area contributed by atoms with Gasteiger partial charge in [0.15, 0.2) is 0 Å². The highest BCUT2D eigenvalue weighted by molar-refractivity contribution is 5.79. The number of likely N-dealkylation sites (tertiary alicyclic amines) is 1. The Morgan fingerprint density at radius 2 is 1.31 bits per heavy atom. The van der Waals surface area contributed by atoms with Crippen LogP contribution in [0.15, 0.2) is 122 Å². The number of hydrogen-bond donors (Lipinski definition) is 0. The van der Waals surface area contributed by atoms with Gasteiger partial charge < -0.3 is 9.64 Å². The van der Waals surface area contributed by atoms with Gasteiger partial charge in [-0.2, -0.15) is 0 Å². The van der Waals surface area contributed by atoms with E-state index in [-0.39, 0.29) is 23.5 Å². The molecule has 2 aliphatic rings. The fraction of sp³-hybridized carbons (Fsp3) is 0.182. The summed E-state index contributed by atoms with van der Waals surface area (Å²) in [7, 11) is 0. The van der Waals surface area contributed by atoms with Crippen molar-refractivity contribution in [3.8, 4) is 11.1 Å². The van der Waals surface area contributed by atoms with E-state index in [1.807, 2.05) is 23.1 Å². The molecule has 1 fully saturated rings. The second kappa shape index (κ2) is 9.16. The summed E-state index contributed by atoms with van der Waals surface area (Å²) < 4.78 is 6.06. The maximum absolute atomic E-state index is 13.6.